The Hall–Kier alpha value is -0.870. The number of hydrogen-bond acceptors (Lipinski definition) is 3. The van der Waals surface area contributed by atoms with Gasteiger partial charge in [0.05, 0.1) is 6.61 Å². The summed E-state index contributed by atoms with van der Waals surface area (Å²) in [5.74, 6) is 2.63. The van der Waals surface area contributed by atoms with E-state index in [2.05, 4.69) is 6.07 Å². The Balaban J connectivity index is 1.95. The highest BCUT2D eigenvalue weighted by molar-refractivity contribution is 7.85. The van der Waals surface area contributed by atoms with Gasteiger partial charge in [-0.25, -0.2) is 0 Å². The predicted octanol–water partition coefficient (Wildman–Crippen LogP) is 1.26. The van der Waals surface area contributed by atoms with E-state index < -0.39 is 10.8 Å². The average molecular weight is 239 g/mol. The molecule has 2 N–H and O–H groups in total. The van der Waals surface area contributed by atoms with Crippen molar-refractivity contribution in [1.82, 2.24) is 0 Å². The van der Waals surface area contributed by atoms with Gasteiger partial charge >= 0.3 is 0 Å². The third-order valence-electron chi connectivity index (χ3n) is 2.76. The van der Waals surface area contributed by atoms with Crippen LogP contribution in [-0.4, -0.2) is 28.9 Å². The number of nitrogens with two attached hydrogens (primary N) is 1. The van der Waals surface area contributed by atoms with Crippen LogP contribution < -0.4 is 10.5 Å². The van der Waals surface area contributed by atoms with Gasteiger partial charge in [0.15, 0.2) is 0 Å². The SMILES string of the molecule is NCCCS(=O)CC1COc2ccccc21. The van der Waals surface area contributed by atoms with Crippen LogP contribution in [0.15, 0.2) is 24.3 Å². The van der Waals surface area contributed by atoms with Crippen molar-refractivity contribution in [3.63, 3.8) is 0 Å². The summed E-state index contributed by atoms with van der Waals surface area (Å²) in [5.41, 5.74) is 6.60. The summed E-state index contributed by atoms with van der Waals surface area (Å²) in [6.45, 7) is 1.28. The number of para-hydroxylation sites is 1. The van der Waals surface area contributed by atoms with E-state index in [1.807, 2.05) is 18.2 Å². The van der Waals surface area contributed by atoms with Crippen molar-refractivity contribution < 1.29 is 8.95 Å². The first-order valence-electron chi connectivity index (χ1n) is 5.58. The molecule has 0 radical (unpaired) electrons. The van der Waals surface area contributed by atoms with Gasteiger partial charge in [-0.3, -0.25) is 4.21 Å². The molecular weight excluding hydrogens is 222 g/mol. The smallest absolute Gasteiger partial charge is 0.122 e. The zero-order valence-corrected chi connectivity index (χ0v) is 10.0. The molecule has 0 saturated carbocycles. The zero-order chi connectivity index (χ0) is 11.4. The van der Waals surface area contributed by atoms with Crippen LogP contribution in [-0.2, 0) is 10.8 Å². The molecule has 1 aromatic rings. The summed E-state index contributed by atoms with van der Waals surface area (Å²) in [4.78, 5) is 0. The second-order valence-electron chi connectivity index (χ2n) is 4.00. The molecule has 3 nitrogen and oxygen atoms in total. The minimum atomic E-state index is -0.777. The highest BCUT2D eigenvalue weighted by atomic mass is 32.2. The zero-order valence-electron chi connectivity index (χ0n) is 9.22. The lowest BCUT2D eigenvalue weighted by Crippen LogP contribution is -2.15. The molecule has 4 heteroatoms. The Morgan fingerprint density at radius 2 is 2.25 bits per heavy atom. The summed E-state index contributed by atoms with van der Waals surface area (Å²) < 4.78 is 17.3. The third-order valence-corrected chi connectivity index (χ3v) is 4.28. The molecule has 1 aromatic carbocycles. The fourth-order valence-electron chi connectivity index (χ4n) is 1.92. The fraction of sp³-hybridized carbons (Fsp3) is 0.500. The Kier molecular flexibility index (Phi) is 3.96. The summed E-state index contributed by atoms with van der Waals surface area (Å²) in [6, 6.07) is 8.00. The van der Waals surface area contributed by atoms with E-state index in [9.17, 15) is 4.21 Å². The van der Waals surface area contributed by atoms with Crippen molar-refractivity contribution in [1.29, 1.82) is 0 Å². The molecule has 1 heterocycles. The van der Waals surface area contributed by atoms with Gasteiger partial charge in [0, 0.05) is 33.8 Å². The second kappa shape index (κ2) is 5.46. The number of rotatable bonds is 5. The number of ether oxygens (including phenoxy) is 1. The van der Waals surface area contributed by atoms with Crippen LogP contribution in [0.2, 0.25) is 0 Å². The van der Waals surface area contributed by atoms with Gasteiger partial charge in [-0.1, -0.05) is 18.2 Å². The maximum Gasteiger partial charge on any atom is 0.122 e. The Morgan fingerprint density at radius 3 is 3.06 bits per heavy atom. The quantitative estimate of drug-likeness (QED) is 0.841. The van der Waals surface area contributed by atoms with Gasteiger partial charge in [-0.15, -0.1) is 0 Å². The molecule has 0 saturated heterocycles. The molecule has 0 spiro atoms. The first-order valence-corrected chi connectivity index (χ1v) is 7.07. The van der Waals surface area contributed by atoms with Crippen LogP contribution >= 0.6 is 0 Å². The number of fused-ring (bicyclic) bond motifs is 1. The van der Waals surface area contributed by atoms with Gasteiger partial charge in [0.1, 0.15) is 5.75 Å². The molecule has 16 heavy (non-hydrogen) atoms. The Labute approximate surface area is 98.4 Å². The van der Waals surface area contributed by atoms with E-state index in [0.717, 1.165) is 12.2 Å². The van der Waals surface area contributed by atoms with E-state index in [-0.39, 0.29) is 5.92 Å². The van der Waals surface area contributed by atoms with E-state index in [1.54, 1.807) is 0 Å². The molecule has 88 valence electrons. The number of hydrogen-bond donors (Lipinski definition) is 1. The Bertz CT molecular complexity index is 381. The van der Waals surface area contributed by atoms with E-state index in [4.69, 9.17) is 10.5 Å². The molecule has 1 aliphatic heterocycles. The van der Waals surface area contributed by atoms with Crippen molar-refractivity contribution >= 4 is 10.8 Å². The first kappa shape index (κ1) is 11.6. The molecule has 2 rings (SSSR count). The van der Waals surface area contributed by atoms with Gasteiger partial charge in [0.2, 0.25) is 0 Å². The van der Waals surface area contributed by atoms with E-state index in [1.165, 1.54) is 5.56 Å². The van der Waals surface area contributed by atoms with Crippen LogP contribution in [0.5, 0.6) is 5.75 Å². The lowest BCUT2D eigenvalue weighted by molar-refractivity contribution is 0.338. The van der Waals surface area contributed by atoms with Crippen LogP contribution in [0.3, 0.4) is 0 Å². The van der Waals surface area contributed by atoms with Crippen molar-refractivity contribution in [2.45, 2.75) is 12.3 Å². The fourth-order valence-corrected chi connectivity index (χ4v) is 3.30. The van der Waals surface area contributed by atoms with Crippen LogP contribution in [0.25, 0.3) is 0 Å². The second-order valence-corrected chi connectivity index (χ2v) is 5.62. The van der Waals surface area contributed by atoms with E-state index >= 15 is 0 Å². The molecule has 0 amide bonds. The average Bonchev–Trinajstić information content (AvgIpc) is 2.70. The standard InChI is InChI=1S/C12H17NO2S/c13-6-3-7-16(14)9-10-8-15-12-5-2-1-4-11(10)12/h1-2,4-5,10H,3,6-9,13H2. The highest BCUT2D eigenvalue weighted by Gasteiger charge is 2.24. The lowest BCUT2D eigenvalue weighted by atomic mass is 10.0. The first-order chi connectivity index (χ1) is 7.81. The molecule has 0 aliphatic carbocycles. The molecular formula is C12H17NO2S. The maximum atomic E-state index is 11.8. The molecule has 0 fully saturated rings. The van der Waals surface area contributed by atoms with Crippen molar-refractivity contribution in [3.05, 3.63) is 29.8 Å². The predicted molar refractivity (Wildman–Crippen MR) is 66.2 cm³/mol. The van der Waals surface area contributed by atoms with Gasteiger partial charge < -0.3 is 10.5 Å². The maximum absolute atomic E-state index is 11.8. The summed E-state index contributed by atoms with van der Waals surface area (Å²) in [7, 11) is -0.777. The van der Waals surface area contributed by atoms with Crippen LogP contribution in [0.1, 0.15) is 17.9 Å². The summed E-state index contributed by atoms with van der Waals surface area (Å²) in [6.07, 6.45) is 0.835. The highest BCUT2D eigenvalue weighted by Crippen LogP contribution is 2.33. The van der Waals surface area contributed by atoms with Crippen molar-refractivity contribution in [2.75, 3.05) is 24.7 Å². The van der Waals surface area contributed by atoms with Crippen molar-refractivity contribution in [2.24, 2.45) is 5.73 Å². The molecule has 0 aromatic heterocycles. The molecule has 1 aliphatic rings. The minimum Gasteiger partial charge on any atom is -0.493 e. The lowest BCUT2D eigenvalue weighted by Gasteiger charge is -2.07. The summed E-state index contributed by atoms with van der Waals surface area (Å²) in [5, 5.41) is 0. The van der Waals surface area contributed by atoms with Crippen LogP contribution in [0.4, 0.5) is 0 Å². The monoisotopic (exact) mass is 239 g/mol. The molecule has 2 unspecified atom stereocenters. The van der Waals surface area contributed by atoms with Gasteiger partial charge in [-0.05, 0) is 19.0 Å². The van der Waals surface area contributed by atoms with Crippen molar-refractivity contribution in [3.8, 4) is 5.75 Å². The Morgan fingerprint density at radius 1 is 1.44 bits per heavy atom. The minimum absolute atomic E-state index is 0.287. The van der Waals surface area contributed by atoms with Gasteiger partial charge in [-0.2, -0.15) is 0 Å². The van der Waals surface area contributed by atoms with Gasteiger partial charge in [0.25, 0.3) is 0 Å². The topological polar surface area (TPSA) is 52.3 Å². The molecule has 0 bridgehead atoms. The summed E-state index contributed by atoms with van der Waals surface area (Å²) >= 11 is 0. The van der Waals surface area contributed by atoms with E-state index in [0.29, 0.717) is 24.7 Å². The molecule has 2 atom stereocenters. The largest absolute Gasteiger partial charge is 0.493 e. The third kappa shape index (κ3) is 2.62. The normalized spacial score (nSPS) is 20.2. The number of benzene rings is 1. The van der Waals surface area contributed by atoms with Crippen LogP contribution in [0, 0.1) is 0 Å².